The second-order valence-corrected chi connectivity index (χ2v) is 7.54. The Balaban J connectivity index is 1.75. The number of methoxy groups -OCH3 is 1. The minimum absolute atomic E-state index is 0.0452. The molecule has 2 atom stereocenters. The van der Waals surface area contributed by atoms with E-state index in [2.05, 4.69) is 28.5 Å². The summed E-state index contributed by atoms with van der Waals surface area (Å²) >= 11 is 0. The molecule has 0 aromatic heterocycles. The summed E-state index contributed by atoms with van der Waals surface area (Å²) in [4.78, 5) is 49.4. The molecule has 0 spiro atoms. The SMILES string of the molecule is C=C(NC(=O)C(=C)N1Cc2c(cccc2C2CCC(NC(C)=O)C2)C1=O)C(=O)OC. The molecule has 1 saturated carbocycles. The van der Waals surface area contributed by atoms with Crippen LogP contribution in [0.4, 0.5) is 0 Å². The van der Waals surface area contributed by atoms with Gasteiger partial charge >= 0.3 is 5.97 Å². The maximum absolute atomic E-state index is 12.9. The number of ether oxygens (including phenoxy) is 1. The van der Waals surface area contributed by atoms with Gasteiger partial charge in [-0.3, -0.25) is 19.3 Å². The largest absolute Gasteiger partial charge is 0.464 e. The first kappa shape index (κ1) is 21.3. The molecule has 2 N–H and O–H groups in total. The summed E-state index contributed by atoms with van der Waals surface area (Å²) in [7, 11) is 1.18. The van der Waals surface area contributed by atoms with E-state index < -0.39 is 11.9 Å². The summed E-state index contributed by atoms with van der Waals surface area (Å²) in [6.45, 7) is 8.91. The van der Waals surface area contributed by atoms with Gasteiger partial charge in [0.25, 0.3) is 11.8 Å². The fourth-order valence-electron chi connectivity index (χ4n) is 4.15. The van der Waals surface area contributed by atoms with E-state index in [-0.39, 0.29) is 41.7 Å². The van der Waals surface area contributed by atoms with Crippen LogP contribution in [-0.4, -0.2) is 41.7 Å². The van der Waals surface area contributed by atoms with Gasteiger partial charge in [-0.05, 0) is 42.4 Å². The minimum Gasteiger partial charge on any atom is -0.464 e. The number of hydrogen-bond acceptors (Lipinski definition) is 5. The Hall–Kier alpha value is -3.42. The van der Waals surface area contributed by atoms with Crippen molar-refractivity contribution in [3.05, 3.63) is 59.4 Å². The van der Waals surface area contributed by atoms with Crippen molar-refractivity contribution in [3.8, 4) is 0 Å². The van der Waals surface area contributed by atoms with Crippen molar-refractivity contribution >= 4 is 23.7 Å². The normalized spacial score (nSPS) is 19.8. The van der Waals surface area contributed by atoms with Gasteiger partial charge in [-0.1, -0.05) is 25.3 Å². The molecule has 158 valence electrons. The van der Waals surface area contributed by atoms with Gasteiger partial charge in [0, 0.05) is 18.5 Å². The molecule has 0 saturated heterocycles. The van der Waals surface area contributed by atoms with Gasteiger partial charge in [0.15, 0.2) is 0 Å². The van der Waals surface area contributed by atoms with Crippen LogP contribution in [0.25, 0.3) is 0 Å². The number of fused-ring (bicyclic) bond motifs is 1. The summed E-state index contributed by atoms with van der Waals surface area (Å²) < 4.78 is 4.51. The molecule has 1 fully saturated rings. The number of nitrogens with zero attached hydrogens (tertiary/aromatic N) is 1. The highest BCUT2D eigenvalue weighted by atomic mass is 16.5. The highest BCUT2D eigenvalue weighted by molar-refractivity contribution is 6.07. The zero-order valence-electron chi connectivity index (χ0n) is 17.1. The molecule has 1 aromatic carbocycles. The van der Waals surface area contributed by atoms with E-state index in [0.29, 0.717) is 5.56 Å². The summed E-state index contributed by atoms with van der Waals surface area (Å²) in [5, 5.41) is 5.27. The molecule has 2 unspecified atom stereocenters. The highest BCUT2D eigenvalue weighted by Crippen LogP contribution is 2.40. The van der Waals surface area contributed by atoms with Crippen LogP contribution in [0.1, 0.15) is 53.6 Å². The number of hydrogen-bond donors (Lipinski definition) is 2. The molecular weight excluding hydrogens is 386 g/mol. The van der Waals surface area contributed by atoms with Crippen molar-refractivity contribution in [2.24, 2.45) is 0 Å². The lowest BCUT2D eigenvalue weighted by Crippen LogP contribution is -2.36. The Bertz CT molecular complexity index is 952. The molecule has 1 aliphatic heterocycles. The van der Waals surface area contributed by atoms with Crippen molar-refractivity contribution in [2.75, 3.05) is 7.11 Å². The van der Waals surface area contributed by atoms with Crippen LogP contribution in [0.3, 0.4) is 0 Å². The first-order valence-electron chi connectivity index (χ1n) is 9.71. The maximum atomic E-state index is 12.9. The molecule has 0 radical (unpaired) electrons. The number of carbonyl (C=O) groups excluding carboxylic acids is 4. The van der Waals surface area contributed by atoms with E-state index in [1.165, 1.54) is 18.9 Å². The molecule has 3 amide bonds. The molecule has 30 heavy (non-hydrogen) atoms. The van der Waals surface area contributed by atoms with Gasteiger partial charge < -0.3 is 15.4 Å². The fourth-order valence-corrected chi connectivity index (χ4v) is 4.15. The third-order valence-electron chi connectivity index (χ3n) is 5.57. The maximum Gasteiger partial charge on any atom is 0.353 e. The second kappa shape index (κ2) is 8.52. The van der Waals surface area contributed by atoms with Crippen LogP contribution in [0.2, 0.25) is 0 Å². The van der Waals surface area contributed by atoms with Crippen LogP contribution in [0.15, 0.2) is 42.8 Å². The molecule has 2 aliphatic rings. The summed E-state index contributed by atoms with van der Waals surface area (Å²) in [6, 6.07) is 5.70. The topological polar surface area (TPSA) is 105 Å². The smallest absolute Gasteiger partial charge is 0.353 e. The first-order valence-corrected chi connectivity index (χ1v) is 9.71. The first-order chi connectivity index (χ1) is 14.2. The molecular formula is C22H25N3O5. The van der Waals surface area contributed by atoms with E-state index in [9.17, 15) is 19.2 Å². The third-order valence-corrected chi connectivity index (χ3v) is 5.57. The van der Waals surface area contributed by atoms with E-state index in [4.69, 9.17) is 0 Å². The Morgan fingerprint density at radius 3 is 2.60 bits per heavy atom. The summed E-state index contributed by atoms with van der Waals surface area (Å²) in [6.07, 6.45) is 2.61. The monoisotopic (exact) mass is 411 g/mol. The lowest BCUT2D eigenvalue weighted by Gasteiger charge is -2.19. The zero-order valence-corrected chi connectivity index (χ0v) is 17.1. The van der Waals surface area contributed by atoms with Crippen LogP contribution in [0, 0.1) is 0 Å². The Kier molecular flexibility index (Phi) is 6.05. The van der Waals surface area contributed by atoms with Crippen molar-refractivity contribution < 1.29 is 23.9 Å². The molecule has 8 heteroatoms. The predicted octanol–water partition coefficient (Wildman–Crippen LogP) is 1.73. The predicted molar refractivity (Wildman–Crippen MR) is 109 cm³/mol. The average molecular weight is 411 g/mol. The van der Waals surface area contributed by atoms with Crippen LogP contribution in [-0.2, 0) is 25.7 Å². The van der Waals surface area contributed by atoms with Crippen LogP contribution in [0.5, 0.6) is 0 Å². The van der Waals surface area contributed by atoms with Gasteiger partial charge in [0.2, 0.25) is 5.91 Å². The van der Waals surface area contributed by atoms with Crippen molar-refractivity contribution in [2.45, 2.75) is 44.7 Å². The number of nitrogens with one attached hydrogen (secondary N) is 2. The third kappa shape index (κ3) is 4.12. The second-order valence-electron chi connectivity index (χ2n) is 7.54. The van der Waals surface area contributed by atoms with Crippen LogP contribution >= 0.6 is 0 Å². The Morgan fingerprint density at radius 2 is 1.93 bits per heavy atom. The molecule has 0 bridgehead atoms. The van der Waals surface area contributed by atoms with Crippen molar-refractivity contribution in [3.63, 3.8) is 0 Å². The summed E-state index contributed by atoms with van der Waals surface area (Å²) in [5.74, 6) is -1.60. The van der Waals surface area contributed by atoms with E-state index in [1.54, 1.807) is 6.07 Å². The van der Waals surface area contributed by atoms with Crippen molar-refractivity contribution in [1.29, 1.82) is 0 Å². The minimum atomic E-state index is -0.774. The number of esters is 1. The van der Waals surface area contributed by atoms with Gasteiger partial charge in [0.05, 0.1) is 13.7 Å². The Morgan fingerprint density at radius 1 is 1.20 bits per heavy atom. The Labute approximate surface area is 174 Å². The van der Waals surface area contributed by atoms with Gasteiger partial charge in [-0.25, -0.2) is 4.79 Å². The number of rotatable bonds is 6. The van der Waals surface area contributed by atoms with Gasteiger partial charge in [0.1, 0.15) is 11.4 Å². The summed E-state index contributed by atoms with van der Waals surface area (Å²) in [5.41, 5.74) is 2.16. The van der Waals surface area contributed by atoms with E-state index >= 15 is 0 Å². The lowest BCUT2D eigenvalue weighted by molar-refractivity contribution is -0.137. The van der Waals surface area contributed by atoms with E-state index in [0.717, 1.165) is 30.4 Å². The van der Waals surface area contributed by atoms with E-state index in [1.807, 2.05) is 12.1 Å². The fraction of sp³-hybridized carbons (Fsp3) is 0.364. The number of amides is 3. The van der Waals surface area contributed by atoms with Gasteiger partial charge in [-0.15, -0.1) is 0 Å². The zero-order chi connectivity index (χ0) is 22.0. The molecule has 1 aromatic rings. The molecule has 1 aliphatic carbocycles. The van der Waals surface area contributed by atoms with Gasteiger partial charge in [-0.2, -0.15) is 0 Å². The number of carbonyl (C=O) groups is 4. The molecule has 3 rings (SSSR count). The quantitative estimate of drug-likeness (QED) is 0.548. The van der Waals surface area contributed by atoms with Crippen LogP contribution < -0.4 is 10.6 Å². The average Bonchev–Trinajstić information content (AvgIpc) is 3.30. The standard InChI is InChI=1S/C22H25N3O5/c1-12(22(29)30-4)23-20(27)13(2)25-11-19-17(6-5-7-18(19)21(25)28)15-8-9-16(10-15)24-14(3)26/h5-7,15-16H,1-2,8-11H2,3-4H3,(H,23,27)(H,24,26). The highest BCUT2D eigenvalue weighted by Gasteiger charge is 2.36. The van der Waals surface area contributed by atoms with Crippen molar-refractivity contribution in [1.82, 2.24) is 15.5 Å². The lowest BCUT2D eigenvalue weighted by atomic mass is 9.91. The number of benzene rings is 1. The molecule has 8 nitrogen and oxygen atoms in total. The molecule has 1 heterocycles.